The number of nitrogens with one attached hydrogen (secondary N) is 1. The monoisotopic (exact) mass is 300 g/mol. The molecule has 1 unspecified atom stereocenters. The molecule has 3 nitrogen and oxygen atoms in total. The zero-order valence-electron chi connectivity index (χ0n) is 8.65. The Kier molecular flexibility index (Phi) is 4.17. The molecule has 5 heteroatoms. The van der Waals surface area contributed by atoms with Gasteiger partial charge in [-0.1, -0.05) is 0 Å². The average molecular weight is 301 g/mol. The molecule has 0 amide bonds. The molecule has 2 rings (SSSR count). The summed E-state index contributed by atoms with van der Waals surface area (Å²) in [4.78, 5) is 0. The van der Waals surface area contributed by atoms with Crippen LogP contribution in [0.4, 0.5) is 0 Å². The van der Waals surface area contributed by atoms with Crippen molar-refractivity contribution in [2.45, 2.75) is 18.9 Å². The molecule has 0 aliphatic carbocycles. The van der Waals surface area contributed by atoms with Crippen molar-refractivity contribution in [2.24, 2.45) is 5.84 Å². The van der Waals surface area contributed by atoms with Gasteiger partial charge >= 0.3 is 0 Å². The van der Waals surface area contributed by atoms with Crippen LogP contribution in [0.25, 0.3) is 0 Å². The Morgan fingerprint density at radius 3 is 2.88 bits per heavy atom. The topological polar surface area (TPSA) is 51.2 Å². The maximum atomic E-state index is 5.53. The molecule has 2 aromatic heterocycles. The van der Waals surface area contributed by atoms with E-state index in [-0.39, 0.29) is 6.04 Å². The van der Waals surface area contributed by atoms with Crippen LogP contribution in [0, 0.1) is 0 Å². The first-order chi connectivity index (χ1) is 7.79. The maximum Gasteiger partial charge on any atom is 0.169 e. The molecule has 2 heterocycles. The second-order valence-electron chi connectivity index (χ2n) is 3.53. The quantitative estimate of drug-likeness (QED) is 0.658. The summed E-state index contributed by atoms with van der Waals surface area (Å²) >= 11 is 5.00. The van der Waals surface area contributed by atoms with Crippen LogP contribution in [0.2, 0.25) is 0 Å². The smallest absolute Gasteiger partial charge is 0.169 e. The Balaban J connectivity index is 1.96. The lowest BCUT2D eigenvalue weighted by molar-refractivity contribution is 0.391. The summed E-state index contributed by atoms with van der Waals surface area (Å²) in [5, 5.41) is 4.25. The van der Waals surface area contributed by atoms with E-state index in [1.807, 2.05) is 12.1 Å². The first-order valence-corrected chi connectivity index (χ1v) is 6.75. The van der Waals surface area contributed by atoms with Crippen LogP contribution < -0.4 is 11.3 Å². The molecule has 0 saturated heterocycles. The van der Waals surface area contributed by atoms with Gasteiger partial charge in [0.1, 0.15) is 5.76 Å². The molecule has 0 fully saturated rings. The summed E-state index contributed by atoms with van der Waals surface area (Å²) in [7, 11) is 0. The van der Waals surface area contributed by atoms with Crippen LogP contribution in [-0.4, -0.2) is 0 Å². The standard InChI is InChI=1S/C11H13BrN2OS/c12-11-4-3-10(15-11)9(14-13)2-1-8-5-6-16-7-8/h3-7,9,14H,1-2,13H2. The largest absolute Gasteiger partial charge is 0.453 e. The van der Waals surface area contributed by atoms with Gasteiger partial charge in [-0.15, -0.1) is 0 Å². The second kappa shape index (κ2) is 5.63. The minimum atomic E-state index is 0.0613. The predicted molar refractivity (Wildman–Crippen MR) is 69.1 cm³/mol. The summed E-state index contributed by atoms with van der Waals surface area (Å²) in [6.45, 7) is 0. The molecular formula is C11H13BrN2OS. The van der Waals surface area contributed by atoms with Crippen molar-refractivity contribution < 1.29 is 4.42 Å². The van der Waals surface area contributed by atoms with Gasteiger partial charge in [-0.25, -0.2) is 5.43 Å². The van der Waals surface area contributed by atoms with E-state index in [0.29, 0.717) is 0 Å². The Morgan fingerprint density at radius 2 is 2.31 bits per heavy atom. The van der Waals surface area contributed by atoms with E-state index in [0.717, 1.165) is 23.3 Å². The number of hydrazine groups is 1. The molecule has 0 radical (unpaired) electrons. The molecule has 0 spiro atoms. The molecule has 2 aromatic rings. The molecular weight excluding hydrogens is 288 g/mol. The van der Waals surface area contributed by atoms with Crippen molar-refractivity contribution in [3.05, 3.63) is 45.0 Å². The van der Waals surface area contributed by atoms with E-state index < -0.39 is 0 Å². The molecule has 0 aliphatic rings. The van der Waals surface area contributed by atoms with Crippen LogP contribution >= 0.6 is 27.3 Å². The van der Waals surface area contributed by atoms with Gasteiger partial charge in [-0.3, -0.25) is 5.84 Å². The van der Waals surface area contributed by atoms with E-state index in [1.165, 1.54) is 5.56 Å². The maximum absolute atomic E-state index is 5.53. The molecule has 3 N–H and O–H groups in total. The second-order valence-corrected chi connectivity index (χ2v) is 5.09. The van der Waals surface area contributed by atoms with Gasteiger partial charge in [-0.05, 0) is 63.3 Å². The van der Waals surface area contributed by atoms with Crippen LogP contribution in [0.3, 0.4) is 0 Å². The highest BCUT2D eigenvalue weighted by atomic mass is 79.9. The summed E-state index contributed by atoms with van der Waals surface area (Å²) in [5.74, 6) is 6.40. The molecule has 0 aliphatic heterocycles. The Hall–Kier alpha value is -0.620. The third kappa shape index (κ3) is 2.95. The van der Waals surface area contributed by atoms with Gasteiger partial charge in [-0.2, -0.15) is 11.3 Å². The van der Waals surface area contributed by atoms with Crippen LogP contribution in [0.1, 0.15) is 23.8 Å². The fourth-order valence-electron chi connectivity index (χ4n) is 1.57. The molecule has 86 valence electrons. The van der Waals surface area contributed by atoms with Crippen molar-refractivity contribution in [1.29, 1.82) is 0 Å². The third-order valence-electron chi connectivity index (χ3n) is 2.44. The van der Waals surface area contributed by atoms with E-state index >= 15 is 0 Å². The lowest BCUT2D eigenvalue weighted by Crippen LogP contribution is -2.28. The fourth-order valence-corrected chi connectivity index (χ4v) is 2.59. The molecule has 1 atom stereocenters. The highest BCUT2D eigenvalue weighted by molar-refractivity contribution is 9.10. The van der Waals surface area contributed by atoms with Gasteiger partial charge in [0, 0.05) is 0 Å². The minimum Gasteiger partial charge on any atom is -0.453 e. The Morgan fingerprint density at radius 1 is 1.44 bits per heavy atom. The molecule has 0 aromatic carbocycles. The average Bonchev–Trinajstić information content (AvgIpc) is 2.91. The lowest BCUT2D eigenvalue weighted by Gasteiger charge is -2.12. The first-order valence-electron chi connectivity index (χ1n) is 5.02. The number of hydrogen-bond donors (Lipinski definition) is 2. The van der Waals surface area contributed by atoms with Crippen molar-refractivity contribution in [3.8, 4) is 0 Å². The summed E-state index contributed by atoms with van der Waals surface area (Å²) in [5.41, 5.74) is 4.13. The highest BCUT2D eigenvalue weighted by Crippen LogP contribution is 2.23. The molecule has 0 saturated carbocycles. The van der Waals surface area contributed by atoms with E-state index in [9.17, 15) is 0 Å². The van der Waals surface area contributed by atoms with Crippen molar-refractivity contribution in [2.75, 3.05) is 0 Å². The normalized spacial score (nSPS) is 12.9. The van der Waals surface area contributed by atoms with E-state index in [4.69, 9.17) is 10.3 Å². The first kappa shape index (κ1) is 11.9. The Labute approximate surface area is 107 Å². The van der Waals surface area contributed by atoms with Gasteiger partial charge in [0.15, 0.2) is 4.67 Å². The number of halogens is 1. The summed E-state index contributed by atoms with van der Waals surface area (Å²) < 4.78 is 6.22. The minimum absolute atomic E-state index is 0.0613. The number of hydrogen-bond acceptors (Lipinski definition) is 4. The zero-order valence-corrected chi connectivity index (χ0v) is 11.1. The highest BCUT2D eigenvalue weighted by Gasteiger charge is 2.13. The third-order valence-corrected chi connectivity index (χ3v) is 3.60. The Bertz CT molecular complexity index is 427. The number of nitrogens with two attached hydrogens (primary N) is 1. The van der Waals surface area contributed by atoms with Crippen molar-refractivity contribution in [3.63, 3.8) is 0 Å². The van der Waals surface area contributed by atoms with Gasteiger partial charge in [0.05, 0.1) is 6.04 Å². The van der Waals surface area contributed by atoms with Crippen LogP contribution in [-0.2, 0) is 6.42 Å². The predicted octanol–water partition coefficient (Wildman–Crippen LogP) is 3.24. The lowest BCUT2D eigenvalue weighted by atomic mass is 10.1. The summed E-state index contributed by atoms with van der Waals surface area (Å²) in [6.07, 6.45) is 1.92. The van der Waals surface area contributed by atoms with Crippen molar-refractivity contribution in [1.82, 2.24) is 5.43 Å². The fraction of sp³-hybridized carbons (Fsp3) is 0.273. The number of aryl methyl sites for hydroxylation is 1. The number of rotatable bonds is 5. The van der Waals surface area contributed by atoms with Crippen LogP contribution in [0.15, 0.2) is 38.0 Å². The SMILES string of the molecule is NNC(CCc1ccsc1)c1ccc(Br)o1. The van der Waals surface area contributed by atoms with E-state index in [2.05, 4.69) is 38.2 Å². The van der Waals surface area contributed by atoms with Gasteiger partial charge in [0.2, 0.25) is 0 Å². The van der Waals surface area contributed by atoms with Crippen molar-refractivity contribution >= 4 is 27.3 Å². The van der Waals surface area contributed by atoms with Gasteiger partial charge < -0.3 is 4.42 Å². The summed E-state index contributed by atoms with van der Waals surface area (Å²) in [6, 6.07) is 6.01. The molecule has 16 heavy (non-hydrogen) atoms. The van der Waals surface area contributed by atoms with E-state index in [1.54, 1.807) is 11.3 Å². The number of thiophene rings is 1. The molecule has 0 bridgehead atoms. The van der Waals surface area contributed by atoms with Crippen LogP contribution in [0.5, 0.6) is 0 Å². The number of furan rings is 1. The zero-order chi connectivity index (χ0) is 11.4. The van der Waals surface area contributed by atoms with Gasteiger partial charge in [0.25, 0.3) is 0 Å².